The summed E-state index contributed by atoms with van der Waals surface area (Å²) in [5.74, 6) is 1.05. The Morgan fingerprint density at radius 3 is 2.55 bits per heavy atom. The maximum atomic E-state index is 12.4. The van der Waals surface area contributed by atoms with E-state index >= 15 is 0 Å². The lowest BCUT2D eigenvalue weighted by Gasteiger charge is -2.12. The van der Waals surface area contributed by atoms with Crippen LogP contribution in [0.15, 0.2) is 71.2 Å². The highest BCUT2D eigenvalue weighted by Gasteiger charge is 2.09. The second-order valence-corrected chi connectivity index (χ2v) is 7.81. The fourth-order valence-corrected chi connectivity index (χ4v) is 3.57. The van der Waals surface area contributed by atoms with E-state index in [9.17, 15) is 4.79 Å². The first-order chi connectivity index (χ1) is 14.0. The summed E-state index contributed by atoms with van der Waals surface area (Å²) in [6.45, 7) is 0.280. The summed E-state index contributed by atoms with van der Waals surface area (Å²) in [6.07, 6.45) is 3.27. The van der Waals surface area contributed by atoms with Gasteiger partial charge in [-0.3, -0.25) is 4.79 Å². The van der Waals surface area contributed by atoms with Crippen LogP contribution in [0.5, 0.6) is 11.5 Å². The number of ether oxygens (including phenoxy) is 2. The largest absolute Gasteiger partial charge is 0.493 e. The summed E-state index contributed by atoms with van der Waals surface area (Å²) in [7, 11) is 1.57. The Kier molecular flexibility index (Phi) is 7.37. The van der Waals surface area contributed by atoms with E-state index < -0.39 is 0 Å². The van der Waals surface area contributed by atoms with Gasteiger partial charge >= 0.3 is 0 Å². The van der Waals surface area contributed by atoms with E-state index in [1.165, 1.54) is 6.08 Å². The van der Waals surface area contributed by atoms with Gasteiger partial charge in [0, 0.05) is 25.6 Å². The normalized spacial score (nSPS) is 10.9. The van der Waals surface area contributed by atoms with Crippen molar-refractivity contribution in [2.45, 2.75) is 6.61 Å². The van der Waals surface area contributed by atoms with E-state index in [1.807, 2.05) is 36.4 Å². The van der Waals surface area contributed by atoms with Crippen molar-refractivity contribution in [1.82, 2.24) is 0 Å². The summed E-state index contributed by atoms with van der Waals surface area (Å²) in [4.78, 5) is 12.4. The number of hydrogen-bond acceptors (Lipinski definition) is 3. The van der Waals surface area contributed by atoms with Crippen LogP contribution in [0.1, 0.15) is 21.5 Å². The predicted molar refractivity (Wildman–Crippen MR) is 121 cm³/mol. The molecule has 0 amide bonds. The Labute approximate surface area is 188 Å². The van der Waals surface area contributed by atoms with E-state index in [0.717, 1.165) is 15.6 Å². The Balaban J connectivity index is 1.73. The minimum Gasteiger partial charge on any atom is -0.493 e. The van der Waals surface area contributed by atoms with Crippen LogP contribution in [0.3, 0.4) is 0 Å². The van der Waals surface area contributed by atoms with Gasteiger partial charge in [-0.15, -0.1) is 0 Å². The molecular formula is C23H17BrCl2O3. The maximum absolute atomic E-state index is 12.4. The molecule has 0 N–H and O–H groups in total. The molecule has 0 spiro atoms. The molecule has 3 aromatic carbocycles. The van der Waals surface area contributed by atoms with Crippen LogP contribution in [0.2, 0.25) is 10.0 Å². The lowest BCUT2D eigenvalue weighted by molar-refractivity contribution is 0.104. The summed E-state index contributed by atoms with van der Waals surface area (Å²) >= 11 is 15.5. The molecule has 148 valence electrons. The average Bonchev–Trinajstić information content (AvgIpc) is 2.72. The van der Waals surface area contributed by atoms with Crippen LogP contribution < -0.4 is 9.47 Å². The van der Waals surface area contributed by atoms with Gasteiger partial charge in [0.05, 0.1) is 7.11 Å². The van der Waals surface area contributed by atoms with Crippen LogP contribution in [0, 0.1) is 0 Å². The molecule has 3 aromatic rings. The van der Waals surface area contributed by atoms with E-state index in [0.29, 0.717) is 27.1 Å². The van der Waals surface area contributed by atoms with E-state index in [4.69, 9.17) is 32.7 Å². The molecule has 0 heterocycles. The van der Waals surface area contributed by atoms with Crippen molar-refractivity contribution in [2.24, 2.45) is 0 Å². The standard InChI is InChI=1S/C23H17BrCl2O3/c1-28-23-12-15(6-10-21(27)18-4-2-3-5-19(18)24)7-11-22(23)29-14-16-8-9-17(25)13-20(16)26/h2-13H,14H2,1H3. The zero-order chi connectivity index (χ0) is 20.8. The molecule has 0 aliphatic rings. The van der Waals surface area contributed by atoms with Gasteiger partial charge in [-0.05, 0) is 48.0 Å². The number of rotatable bonds is 7. The monoisotopic (exact) mass is 490 g/mol. The highest BCUT2D eigenvalue weighted by atomic mass is 79.9. The van der Waals surface area contributed by atoms with Gasteiger partial charge in [0.15, 0.2) is 17.3 Å². The minimum absolute atomic E-state index is 0.0888. The topological polar surface area (TPSA) is 35.5 Å². The van der Waals surface area contributed by atoms with Crippen molar-refractivity contribution in [1.29, 1.82) is 0 Å². The van der Waals surface area contributed by atoms with Crippen LogP contribution in [-0.4, -0.2) is 12.9 Å². The molecule has 0 aromatic heterocycles. The van der Waals surface area contributed by atoms with Gasteiger partial charge in [-0.2, -0.15) is 0 Å². The van der Waals surface area contributed by atoms with Gasteiger partial charge in [0.1, 0.15) is 6.61 Å². The quantitative estimate of drug-likeness (QED) is 0.258. The Morgan fingerprint density at radius 2 is 1.83 bits per heavy atom. The van der Waals surface area contributed by atoms with E-state index in [2.05, 4.69) is 15.9 Å². The summed E-state index contributed by atoms with van der Waals surface area (Å²) in [5.41, 5.74) is 2.25. The van der Waals surface area contributed by atoms with Crippen molar-refractivity contribution >= 4 is 51.0 Å². The molecule has 3 nitrogen and oxygen atoms in total. The van der Waals surface area contributed by atoms with Crippen molar-refractivity contribution < 1.29 is 14.3 Å². The van der Waals surface area contributed by atoms with Crippen LogP contribution in [0.4, 0.5) is 0 Å². The smallest absolute Gasteiger partial charge is 0.186 e. The fourth-order valence-electron chi connectivity index (χ4n) is 2.62. The molecule has 0 radical (unpaired) electrons. The lowest BCUT2D eigenvalue weighted by Crippen LogP contribution is -1.99. The number of allylic oxidation sites excluding steroid dienone is 1. The first-order valence-electron chi connectivity index (χ1n) is 8.69. The molecule has 0 aliphatic heterocycles. The molecule has 0 aliphatic carbocycles. The third-order valence-corrected chi connectivity index (χ3v) is 5.43. The Hall–Kier alpha value is -2.27. The number of benzene rings is 3. The Morgan fingerprint density at radius 1 is 1.03 bits per heavy atom. The van der Waals surface area contributed by atoms with Crippen LogP contribution in [-0.2, 0) is 6.61 Å². The minimum atomic E-state index is -0.0888. The molecule has 0 saturated carbocycles. The predicted octanol–water partition coefficient (Wildman–Crippen LogP) is 7.24. The highest BCUT2D eigenvalue weighted by Crippen LogP contribution is 2.30. The number of ketones is 1. The molecule has 0 fully saturated rings. The molecule has 3 rings (SSSR count). The number of carbonyl (C=O) groups is 1. The highest BCUT2D eigenvalue weighted by molar-refractivity contribution is 9.10. The zero-order valence-electron chi connectivity index (χ0n) is 15.5. The van der Waals surface area contributed by atoms with E-state index in [1.54, 1.807) is 37.5 Å². The first-order valence-corrected chi connectivity index (χ1v) is 10.2. The number of methoxy groups -OCH3 is 1. The average molecular weight is 492 g/mol. The van der Waals surface area contributed by atoms with Gasteiger partial charge in [0.2, 0.25) is 0 Å². The second kappa shape index (κ2) is 9.97. The van der Waals surface area contributed by atoms with Crippen LogP contribution in [0.25, 0.3) is 6.08 Å². The van der Waals surface area contributed by atoms with Crippen molar-refractivity contribution in [3.8, 4) is 11.5 Å². The van der Waals surface area contributed by atoms with Gasteiger partial charge in [-0.25, -0.2) is 0 Å². The first kappa shape index (κ1) is 21.4. The molecule has 0 bridgehead atoms. The summed E-state index contributed by atoms with van der Waals surface area (Å²) < 4.78 is 12.0. The molecule has 0 saturated heterocycles. The van der Waals surface area contributed by atoms with Gasteiger partial charge in [0.25, 0.3) is 0 Å². The number of carbonyl (C=O) groups excluding carboxylic acids is 1. The summed E-state index contributed by atoms with van der Waals surface area (Å²) in [5, 5.41) is 1.12. The van der Waals surface area contributed by atoms with Crippen molar-refractivity contribution in [3.05, 3.63) is 97.9 Å². The lowest BCUT2D eigenvalue weighted by atomic mass is 10.1. The Bertz CT molecular complexity index is 1060. The number of halogens is 3. The van der Waals surface area contributed by atoms with Crippen LogP contribution >= 0.6 is 39.1 Å². The zero-order valence-corrected chi connectivity index (χ0v) is 18.6. The molecule has 0 atom stereocenters. The second-order valence-electron chi connectivity index (χ2n) is 6.11. The van der Waals surface area contributed by atoms with E-state index in [-0.39, 0.29) is 12.4 Å². The maximum Gasteiger partial charge on any atom is 0.186 e. The molecule has 29 heavy (non-hydrogen) atoms. The van der Waals surface area contributed by atoms with Gasteiger partial charge < -0.3 is 9.47 Å². The summed E-state index contributed by atoms with van der Waals surface area (Å²) in [6, 6.07) is 18.0. The molecule has 0 unspecified atom stereocenters. The van der Waals surface area contributed by atoms with Crippen molar-refractivity contribution in [2.75, 3.05) is 7.11 Å². The third-order valence-electron chi connectivity index (χ3n) is 4.15. The fraction of sp³-hybridized carbons (Fsp3) is 0.0870. The van der Waals surface area contributed by atoms with Crippen molar-refractivity contribution in [3.63, 3.8) is 0 Å². The SMILES string of the molecule is COc1cc(C=CC(=O)c2ccccc2Br)ccc1OCc1ccc(Cl)cc1Cl. The van der Waals surface area contributed by atoms with Gasteiger partial charge in [-0.1, -0.05) is 69.5 Å². The third kappa shape index (κ3) is 5.63. The number of hydrogen-bond donors (Lipinski definition) is 0. The molecular weight excluding hydrogens is 475 g/mol. The molecule has 6 heteroatoms.